The van der Waals surface area contributed by atoms with Crippen LogP contribution in [0, 0.1) is 0 Å². The SMILES string of the molecule is CC(C)c1noc(NC2CCN(C(C)C)C2=O)n1. The normalized spacial score (nSPS) is 20.2. The van der Waals surface area contributed by atoms with Crippen molar-refractivity contribution in [2.75, 3.05) is 11.9 Å². The molecule has 2 rings (SSSR count). The van der Waals surface area contributed by atoms with Gasteiger partial charge in [0.15, 0.2) is 5.82 Å². The smallest absolute Gasteiger partial charge is 0.322 e. The molecule has 1 unspecified atom stereocenters. The molecule has 2 heterocycles. The number of hydrogen-bond donors (Lipinski definition) is 1. The van der Waals surface area contributed by atoms with Crippen molar-refractivity contribution in [2.45, 2.75) is 52.1 Å². The molecule has 0 aliphatic carbocycles. The van der Waals surface area contributed by atoms with E-state index in [-0.39, 0.29) is 23.9 Å². The van der Waals surface area contributed by atoms with Gasteiger partial charge >= 0.3 is 6.01 Å². The van der Waals surface area contributed by atoms with Crippen LogP contribution in [0.3, 0.4) is 0 Å². The third-order valence-electron chi connectivity index (χ3n) is 3.12. The van der Waals surface area contributed by atoms with Gasteiger partial charge in [0.05, 0.1) is 0 Å². The summed E-state index contributed by atoms with van der Waals surface area (Å²) in [6.07, 6.45) is 0.774. The van der Waals surface area contributed by atoms with Crippen molar-refractivity contribution >= 4 is 11.9 Å². The number of nitrogens with zero attached hydrogens (tertiary/aromatic N) is 3. The first-order chi connectivity index (χ1) is 8.49. The summed E-state index contributed by atoms with van der Waals surface area (Å²) in [6, 6.07) is 0.328. The second kappa shape index (κ2) is 4.96. The molecule has 6 nitrogen and oxygen atoms in total. The van der Waals surface area contributed by atoms with E-state index in [9.17, 15) is 4.79 Å². The number of rotatable bonds is 4. The molecule has 1 saturated heterocycles. The molecule has 0 saturated carbocycles. The van der Waals surface area contributed by atoms with E-state index in [1.165, 1.54) is 0 Å². The van der Waals surface area contributed by atoms with Crippen molar-refractivity contribution in [3.63, 3.8) is 0 Å². The van der Waals surface area contributed by atoms with Crippen LogP contribution in [0.15, 0.2) is 4.52 Å². The zero-order chi connectivity index (χ0) is 13.3. The van der Waals surface area contributed by atoms with Crippen molar-refractivity contribution in [1.82, 2.24) is 15.0 Å². The van der Waals surface area contributed by atoms with Gasteiger partial charge in [-0.2, -0.15) is 4.98 Å². The van der Waals surface area contributed by atoms with Crippen LogP contribution in [0.2, 0.25) is 0 Å². The lowest BCUT2D eigenvalue weighted by molar-refractivity contribution is -0.129. The molecule has 1 aromatic rings. The Kier molecular flexibility index (Phi) is 3.54. The van der Waals surface area contributed by atoms with Crippen LogP contribution in [0.4, 0.5) is 6.01 Å². The van der Waals surface area contributed by atoms with Gasteiger partial charge in [-0.25, -0.2) is 0 Å². The van der Waals surface area contributed by atoms with Gasteiger partial charge in [-0.3, -0.25) is 4.79 Å². The molecule has 1 amide bonds. The Morgan fingerprint density at radius 2 is 2.11 bits per heavy atom. The van der Waals surface area contributed by atoms with Crippen molar-refractivity contribution in [1.29, 1.82) is 0 Å². The van der Waals surface area contributed by atoms with Crippen LogP contribution >= 0.6 is 0 Å². The average molecular weight is 252 g/mol. The molecule has 6 heteroatoms. The fraction of sp³-hybridized carbons (Fsp3) is 0.750. The van der Waals surface area contributed by atoms with Crippen LogP contribution in [-0.2, 0) is 4.79 Å². The summed E-state index contributed by atoms with van der Waals surface area (Å²) in [5.74, 6) is 0.980. The van der Waals surface area contributed by atoms with Crippen LogP contribution < -0.4 is 5.32 Å². The largest absolute Gasteiger partial charge is 0.338 e. The maximum atomic E-state index is 12.1. The molecular weight excluding hydrogens is 232 g/mol. The first-order valence-electron chi connectivity index (χ1n) is 6.39. The number of carbonyl (C=O) groups is 1. The first kappa shape index (κ1) is 12.9. The molecule has 1 aliphatic heterocycles. The van der Waals surface area contributed by atoms with E-state index in [1.807, 2.05) is 32.6 Å². The van der Waals surface area contributed by atoms with E-state index in [2.05, 4.69) is 15.5 Å². The van der Waals surface area contributed by atoms with Crippen LogP contribution in [0.25, 0.3) is 0 Å². The van der Waals surface area contributed by atoms with Gasteiger partial charge in [-0.05, 0) is 20.3 Å². The predicted molar refractivity (Wildman–Crippen MR) is 67.3 cm³/mol. The minimum Gasteiger partial charge on any atom is -0.338 e. The summed E-state index contributed by atoms with van der Waals surface area (Å²) in [7, 11) is 0. The summed E-state index contributed by atoms with van der Waals surface area (Å²) < 4.78 is 5.09. The van der Waals surface area contributed by atoms with E-state index in [1.54, 1.807) is 0 Å². The lowest BCUT2D eigenvalue weighted by atomic mass is 10.2. The Morgan fingerprint density at radius 1 is 1.39 bits per heavy atom. The predicted octanol–water partition coefficient (Wildman–Crippen LogP) is 1.61. The molecule has 0 aromatic carbocycles. The Balaban J connectivity index is 2.00. The maximum absolute atomic E-state index is 12.1. The fourth-order valence-corrected chi connectivity index (χ4v) is 2.03. The standard InChI is InChI=1S/C12H20N4O2/c1-7(2)10-14-12(18-15-10)13-9-5-6-16(8(3)4)11(9)17/h7-9H,5-6H2,1-4H3,(H,13,14,15). The molecule has 1 aliphatic rings. The van der Waals surface area contributed by atoms with Gasteiger partial charge in [0, 0.05) is 18.5 Å². The van der Waals surface area contributed by atoms with Gasteiger partial charge in [-0.15, -0.1) is 0 Å². The lowest BCUT2D eigenvalue weighted by Crippen LogP contribution is -2.37. The Labute approximate surface area is 107 Å². The Hall–Kier alpha value is -1.59. The Bertz CT molecular complexity index is 427. The highest BCUT2D eigenvalue weighted by molar-refractivity contribution is 5.86. The fourth-order valence-electron chi connectivity index (χ4n) is 2.03. The molecule has 1 N–H and O–H groups in total. The number of nitrogens with one attached hydrogen (secondary N) is 1. The molecule has 18 heavy (non-hydrogen) atoms. The number of amides is 1. The highest BCUT2D eigenvalue weighted by Gasteiger charge is 2.33. The topological polar surface area (TPSA) is 71.3 Å². The second-order valence-corrected chi connectivity index (χ2v) is 5.22. The molecule has 0 radical (unpaired) electrons. The van der Waals surface area contributed by atoms with E-state index < -0.39 is 0 Å². The van der Waals surface area contributed by atoms with Gasteiger partial charge in [-0.1, -0.05) is 19.0 Å². The zero-order valence-corrected chi connectivity index (χ0v) is 11.3. The average Bonchev–Trinajstić information content (AvgIpc) is 2.87. The summed E-state index contributed by atoms with van der Waals surface area (Å²) in [6.45, 7) is 8.80. The maximum Gasteiger partial charge on any atom is 0.322 e. The van der Waals surface area contributed by atoms with E-state index in [0.717, 1.165) is 13.0 Å². The van der Waals surface area contributed by atoms with Crippen LogP contribution in [-0.4, -0.2) is 39.6 Å². The second-order valence-electron chi connectivity index (χ2n) is 5.22. The quantitative estimate of drug-likeness (QED) is 0.881. The summed E-state index contributed by atoms with van der Waals surface area (Å²) in [4.78, 5) is 18.1. The number of aromatic nitrogens is 2. The van der Waals surface area contributed by atoms with Crippen LogP contribution in [0.1, 0.15) is 45.9 Å². The third kappa shape index (κ3) is 2.47. The van der Waals surface area contributed by atoms with Gasteiger partial charge in [0.2, 0.25) is 5.91 Å². The third-order valence-corrected chi connectivity index (χ3v) is 3.12. The van der Waals surface area contributed by atoms with Gasteiger partial charge in [0.1, 0.15) is 6.04 Å². The lowest BCUT2D eigenvalue weighted by Gasteiger charge is -2.20. The highest BCUT2D eigenvalue weighted by Crippen LogP contribution is 2.19. The number of likely N-dealkylation sites (tertiary alicyclic amines) is 1. The van der Waals surface area contributed by atoms with Crippen molar-refractivity contribution in [3.05, 3.63) is 5.82 Å². The number of hydrogen-bond acceptors (Lipinski definition) is 5. The molecule has 0 bridgehead atoms. The molecule has 100 valence electrons. The summed E-state index contributed by atoms with van der Waals surface area (Å²) >= 11 is 0. The molecular formula is C12H20N4O2. The first-order valence-corrected chi connectivity index (χ1v) is 6.39. The van der Waals surface area contributed by atoms with E-state index in [4.69, 9.17) is 4.52 Å². The molecule has 1 fully saturated rings. The van der Waals surface area contributed by atoms with Gasteiger partial charge in [0.25, 0.3) is 0 Å². The van der Waals surface area contributed by atoms with Crippen molar-refractivity contribution in [3.8, 4) is 0 Å². The minimum atomic E-state index is -0.243. The summed E-state index contributed by atoms with van der Waals surface area (Å²) in [5.41, 5.74) is 0. The molecule has 0 spiro atoms. The van der Waals surface area contributed by atoms with E-state index >= 15 is 0 Å². The van der Waals surface area contributed by atoms with Gasteiger partial charge < -0.3 is 14.7 Å². The summed E-state index contributed by atoms with van der Waals surface area (Å²) in [5, 5.41) is 6.88. The van der Waals surface area contributed by atoms with Crippen LogP contribution in [0.5, 0.6) is 0 Å². The zero-order valence-electron chi connectivity index (χ0n) is 11.3. The molecule has 1 aromatic heterocycles. The Morgan fingerprint density at radius 3 is 2.61 bits per heavy atom. The highest BCUT2D eigenvalue weighted by atomic mass is 16.5. The number of anilines is 1. The molecule has 1 atom stereocenters. The van der Waals surface area contributed by atoms with Crippen molar-refractivity contribution in [2.24, 2.45) is 0 Å². The minimum absolute atomic E-state index is 0.106. The number of carbonyl (C=O) groups excluding carboxylic acids is 1. The van der Waals surface area contributed by atoms with Crippen molar-refractivity contribution < 1.29 is 9.32 Å². The monoisotopic (exact) mass is 252 g/mol. The van der Waals surface area contributed by atoms with E-state index in [0.29, 0.717) is 11.8 Å².